The van der Waals surface area contributed by atoms with Gasteiger partial charge in [-0.25, -0.2) is 4.57 Å². The first-order valence-electron chi connectivity index (χ1n) is 11.9. The van der Waals surface area contributed by atoms with Crippen molar-refractivity contribution in [2.24, 2.45) is 0 Å². The van der Waals surface area contributed by atoms with E-state index in [0.717, 1.165) is 31.7 Å². The van der Waals surface area contributed by atoms with Crippen LogP contribution in [0, 0.1) is 0 Å². The Morgan fingerprint density at radius 2 is 1.21 bits per heavy atom. The zero-order valence-electron chi connectivity index (χ0n) is 19.9. The van der Waals surface area contributed by atoms with Crippen LogP contribution in [0.25, 0.3) is 0 Å². The second-order valence-corrected chi connectivity index (χ2v) is 9.79. The number of hydrogen-bond donors (Lipinski definition) is 0. The van der Waals surface area contributed by atoms with Gasteiger partial charge in [0.25, 0.3) is 0 Å². The maximum atomic E-state index is 13.2. The van der Waals surface area contributed by atoms with Gasteiger partial charge in [0.15, 0.2) is 0 Å². The van der Waals surface area contributed by atoms with Gasteiger partial charge in [-0.05, 0) is 31.0 Å². The maximum Gasteiger partial charge on any atom is 0.530 e. The molecule has 7 heteroatoms. The van der Waals surface area contributed by atoms with Crippen molar-refractivity contribution in [2.75, 3.05) is 26.3 Å². The Morgan fingerprint density at radius 3 is 1.71 bits per heavy atom. The van der Waals surface area contributed by atoms with Crippen LogP contribution in [0.1, 0.15) is 36.7 Å². The van der Waals surface area contributed by atoms with Crippen LogP contribution >= 0.6 is 7.82 Å². The maximum absolute atomic E-state index is 13.2. The molecule has 4 rings (SSSR count). The Balaban J connectivity index is 1.68. The minimum absolute atomic E-state index is 0.0479. The molecule has 0 unspecified atom stereocenters. The summed E-state index contributed by atoms with van der Waals surface area (Å²) in [6, 6.07) is 28.7. The van der Waals surface area contributed by atoms with Gasteiger partial charge in [-0.3, -0.25) is 18.8 Å². The van der Waals surface area contributed by atoms with Crippen molar-refractivity contribution in [1.29, 1.82) is 0 Å². The number of hydrogen-bond acceptors (Lipinski definition) is 6. The average molecular weight is 481 g/mol. The average Bonchev–Trinajstić information content (AvgIpc) is 3.22. The lowest BCUT2D eigenvalue weighted by molar-refractivity contribution is 0.121. The van der Waals surface area contributed by atoms with E-state index in [-0.39, 0.29) is 19.4 Å². The number of phosphoric ester groups is 1. The smallest absolute Gasteiger partial charge is 0.404 e. The highest BCUT2D eigenvalue weighted by Crippen LogP contribution is 2.51. The van der Waals surface area contributed by atoms with Gasteiger partial charge in [-0.15, -0.1) is 0 Å². The van der Waals surface area contributed by atoms with Crippen LogP contribution < -0.4 is 4.52 Å². The fourth-order valence-electron chi connectivity index (χ4n) is 4.40. The van der Waals surface area contributed by atoms with Crippen molar-refractivity contribution < 1.29 is 18.1 Å². The molecule has 0 radical (unpaired) electrons. The number of rotatable bonds is 11. The van der Waals surface area contributed by atoms with E-state index in [1.54, 1.807) is 13.8 Å². The molecular weight excluding hydrogens is 447 g/mol. The Kier molecular flexibility index (Phi) is 8.54. The highest BCUT2D eigenvalue weighted by molar-refractivity contribution is 7.48. The molecule has 1 saturated heterocycles. The van der Waals surface area contributed by atoms with Crippen molar-refractivity contribution in [1.82, 2.24) is 9.80 Å². The van der Waals surface area contributed by atoms with Crippen LogP contribution in [-0.4, -0.2) is 36.1 Å². The van der Waals surface area contributed by atoms with Crippen LogP contribution in [0.5, 0.6) is 5.75 Å². The van der Waals surface area contributed by atoms with Crippen molar-refractivity contribution in [3.63, 3.8) is 0 Å². The minimum Gasteiger partial charge on any atom is -0.404 e. The molecule has 0 spiro atoms. The summed E-state index contributed by atoms with van der Waals surface area (Å²) in [6.07, 6.45) is -0.0479. The molecule has 1 aliphatic rings. The molecule has 0 N–H and O–H groups in total. The van der Waals surface area contributed by atoms with Crippen LogP contribution in [0.2, 0.25) is 0 Å². The van der Waals surface area contributed by atoms with Crippen molar-refractivity contribution in [2.45, 2.75) is 33.1 Å². The number of benzene rings is 3. The van der Waals surface area contributed by atoms with E-state index < -0.39 is 7.82 Å². The van der Waals surface area contributed by atoms with Gasteiger partial charge in [0.1, 0.15) is 5.75 Å². The SMILES string of the molecule is CCOP(=O)(OCC)Oc1ccccc1C1N(Cc2ccccc2)CCN1Cc1ccccc1. The molecule has 0 aliphatic carbocycles. The Bertz CT molecular complexity index is 1020. The molecule has 1 aliphatic heterocycles. The Labute approximate surface area is 202 Å². The molecule has 3 aromatic carbocycles. The number of phosphoric acid groups is 1. The lowest BCUT2D eigenvalue weighted by Gasteiger charge is -2.32. The van der Waals surface area contributed by atoms with Crippen molar-refractivity contribution in [3.05, 3.63) is 102 Å². The molecule has 1 heterocycles. The first-order chi connectivity index (χ1) is 16.6. The fourth-order valence-corrected chi connectivity index (χ4v) is 5.62. The monoisotopic (exact) mass is 480 g/mol. The third-order valence-electron chi connectivity index (χ3n) is 5.80. The largest absolute Gasteiger partial charge is 0.530 e. The van der Waals surface area contributed by atoms with Crippen LogP contribution in [0.4, 0.5) is 0 Å². The molecule has 34 heavy (non-hydrogen) atoms. The Hall–Kier alpha value is -2.47. The van der Waals surface area contributed by atoms with Crippen molar-refractivity contribution in [3.8, 4) is 5.75 Å². The van der Waals surface area contributed by atoms with Crippen LogP contribution in [0.3, 0.4) is 0 Å². The summed E-state index contributed by atoms with van der Waals surface area (Å²) < 4.78 is 30.0. The van der Waals surface area contributed by atoms with Gasteiger partial charge >= 0.3 is 7.82 Å². The predicted octanol–water partition coefficient (Wildman–Crippen LogP) is 6.26. The summed E-state index contributed by atoms with van der Waals surface area (Å²) in [7, 11) is -3.72. The number of nitrogens with zero attached hydrogens (tertiary/aromatic N) is 2. The predicted molar refractivity (Wildman–Crippen MR) is 134 cm³/mol. The molecule has 0 atom stereocenters. The summed E-state index contributed by atoms with van der Waals surface area (Å²) >= 11 is 0. The summed E-state index contributed by atoms with van der Waals surface area (Å²) in [5, 5.41) is 0. The summed E-state index contributed by atoms with van der Waals surface area (Å²) in [4.78, 5) is 4.87. The topological polar surface area (TPSA) is 51.2 Å². The lowest BCUT2D eigenvalue weighted by Crippen LogP contribution is -2.31. The van der Waals surface area contributed by atoms with E-state index in [0.29, 0.717) is 5.75 Å². The molecule has 6 nitrogen and oxygen atoms in total. The van der Waals surface area contributed by atoms with Gasteiger partial charge in [0.05, 0.1) is 19.4 Å². The molecule has 0 bridgehead atoms. The third-order valence-corrected chi connectivity index (χ3v) is 7.37. The van der Waals surface area contributed by atoms with Gasteiger partial charge < -0.3 is 4.52 Å². The second kappa shape index (κ2) is 11.8. The first-order valence-corrected chi connectivity index (χ1v) is 13.3. The molecule has 1 fully saturated rings. The first kappa shape index (κ1) is 24.6. The van der Waals surface area contributed by atoms with Gasteiger partial charge in [0, 0.05) is 31.7 Å². The second-order valence-electron chi connectivity index (χ2n) is 8.20. The molecule has 0 amide bonds. The standard InChI is InChI=1S/C27H33N2O4P/c1-3-31-34(30,32-4-2)33-26-18-12-11-17-25(26)27-28(21-23-13-7-5-8-14-23)19-20-29(27)22-24-15-9-6-10-16-24/h5-18,27H,3-4,19-22H2,1-2H3. The zero-order chi connectivity index (χ0) is 23.8. The Morgan fingerprint density at radius 1 is 0.735 bits per heavy atom. The lowest BCUT2D eigenvalue weighted by atomic mass is 10.1. The van der Waals surface area contributed by atoms with E-state index in [4.69, 9.17) is 13.6 Å². The van der Waals surface area contributed by atoms with Gasteiger partial charge in [-0.2, -0.15) is 0 Å². The van der Waals surface area contributed by atoms with Crippen molar-refractivity contribution >= 4 is 7.82 Å². The zero-order valence-corrected chi connectivity index (χ0v) is 20.8. The molecule has 3 aromatic rings. The molecule has 180 valence electrons. The molecule has 0 saturated carbocycles. The summed E-state index contributed by atoms with van der Waals surface area (Å²) in [6.45, 7) is 7.47. The molecule has 0 aromatic heterocycles. The van der Waals surface area contributed by atoms with Crippen LogP contribution in [-0.2, 0) is 26.7 Å². The number of para-hydroxylation sites is 1. The summed E-state index contributed by atoms with van der Waals surface area (Å²) in [5.41, 5.74) is 3.45. The quantitative estimate of drug-likeness (QED) is 0.302. The molecular formula is C27H33N2O4P. The fraction of sp³-hybridized carbons (Fsp3) is 0.333. The van der Waals surface area contributed by atoms with E-state index >= 15 is 0 Å². The normalized spacial score (nSPS) is 15.6. The van der Waals surface area contributed by atoms with E-state index in [9.17, 15) is 4.57 Å². The summed E-state index contributed by atoms with van der Waals surface area (Å²) in [5.74, 6) is 0.524. The minimum atomic E-state index is -3.72. The van der Waals surface area contributed by atoms with Gasteiger partial charge in [-0.1, -0.05) is 78.9 Å². The van der Waals surface area contributed by atoms with E-state index in [2.05, 4.69) is 58.3 Å². The van der Waals surface area contributed by atoms with Gasteiger partial charge in [0.2, 0.25) is 0 Å². The van der Waals surface area contributed by atoms with Crippen LogP contribution in [0.15, 0.2) is 84.9 Å². The van der Waals surface area contributed by atoms with E-state index in [1.807, 2.05) is 36.4 Å². The van der Waals surface area contributed by atoms with E-state index in [1.165, 1.54) is 11.1 Å². The highest BCUT2D eigenvalue weighted by Gasteiger charge is 2.37. The highest BCUT2D eigenvalue weighted by atomic mass is 31.2. The third kappa shape index (κ3) is 6.15.